The normalized spacial score (nSPS) is 12.4. The number of halogens is 1. The molecule has 3 nitrogen and oxygen atoms in total. The van der Waals surface area contributed by atoms with Gasteiger partial charge in [0.05, 0.1) is 5.02 Å². The lowest BCUT2D eigenvalue weighted by Crippen LogP contribution is -1.79. The SMILES string of the molecule is N[s+]1nc2cccc(Cl)c2n1. The standard InChI is InChI=1S/C6H5ClN3S/c7-4-2-1-3-5-6(4)10-11(8)9-5/h1-3H,8H2/q+1. The molecule has 56 valence electrons. The van der Waals surface area contributed by atoms with Crippen LogP contribution in [0.25, 0.3) is 11.0 Å². The minimum Gasteiger partial charge on any atom is -0.0856 e. The maximum Gasteiger partial charge on any atom is 0.303 e. The molecule has 0 amide bonds. The van der Waals surface area contributed by atoms with Crippen LogP contribution < -0.4 is 5.14 Å². The largest absolute Gasteiger partial charge is 0.303 e. The number of hydrogen-bond acceptors (Lipinski definition) is 3. The van der Waals surface area contributed by atoms with Gasteiger partial charge in [-0.15, -0.1) is 0 Å². The molecule has 0 saturated carbocycles. The Morgan fingerprint density at radius 2 is 2.18 bits per heavy atom. The molecule has 1 heterocycles. The zero-order valence-corrected chi connectivity index (χ0v) is 7.06. The molecule has 0 aliphatic carbocycles. The van der Waals surface area contributed by atoms with Gasteiger partial charge in [-0.2, -0.15) is 0 Å². The van der Waals surface area contributed by atoms with Crippen molar-refractivity contribution in [3.8, 4) is 0 Å². The van der Waals surface area contributed by atoms with Crippen molar-refractivity contribution in [1.29, 1.82) is 0 Å². The molecular weight excluding hydrogens is 182 g/mol. The number of nitrogens with zero attached hydrogens (tertiary/aromatic N) is 2. The monoisotopic (exact) mass is 186 g/mol. The number of benzene rings is 1. The van der Waals surface area contributed by atoms with Gasteiger partial charge < -0.3 is 0 Å². The predicted molar refractivity (Wildman–Crippen MR) is 47.2 cm³/mol. The molecule has 2 rings (SSSR count). The van der Waals surface area contributed by atoms with E-state index in [1.54, 1.807) is 6.07 Å². The van der Waals surface area contributed by atoms with Crippen LogP contribution in [0.4, 0.5) is 0 Å². The highest BCUT2D eigenvalue weighted by atomic mass is 35.5. The molecule has 2 N–H and O–H groups in total. The van der Waals surface area contributed by atoms with E-state index in [0.29, 0.717) is 5.02 Å². The summed E-state index contributed by atoms with van der Waals surface area (Å²) < 4.78 is 8.13. The molecule has 1 unspecified atom stereocenters. The first-order chi connectivity index (χ1) is 5.27. The topological polar surface area (TPSA) is 51.8 Å². The summed E-state index contributed by atoms with van der Waals surface area (Å²) in [5.74, 6) is 0. The fourth-order valence-corrected chi connectivity index (χ4v) is 1.91. The molecule has 11 heavy (non-hydrogen) atoms. The molecule has 0 spiro atoms. The van der Waals surface area contributed by atoms with Crippen LogP contribution in [0.2, 0.25) is 5.02 Å². The van der Waals surface area contributed by atoms with Crippen LogP contribution >= 0.6 is 22.6 Å². The average molecular weight is 187 g/mol. The number of nitrogens with two attached hydrogens (primary N) is 1. The second kappa shape index (κ2) is 2.41. The highest BCUT2D eigenvalue weighted by Gasteiger charge is 2.11. The minimum atomic E-state index is -0.714. The third-order valence-corrected chi connectivity index (χ3v) is 2.40. The molecule has 0 bridgehead atoms. The lowest BCUT2D eigenvalue weighted by molar-refractivity contribution is 1.64. The molecule has 5 heteroatoms. The van der Waals surface area contributed by atoms with Crippen molar-refractivity contribution < 1.29 is 0 Å². The van der Waals surface area contributed by atoms with Crippen LogP contribution in [0, 0.1) is 0 Å². The van der Waals surface area contributed by atoms with E-state index in [2.05, 4.69) is 8.75 Å². The van der Waals surface area contributed by atoms with Gasteiger partial charge in [0.1, 0.15) is 0 Å². The first kappa shape index (κ1) is 6.97. The van der Waals surface area contributed by atoms with Gasteiger partial charge in [-0.05, 0) is 12.1 Å². The number of nitrogen functional groups attached to an aromatic ring is 1. The van der Waals surface area contributed by atoms with Crippen LogP contribution in [0.15, 0.2) is 18.2 Å². The summed E-state index contributed by atoms with van der Waals surface area (Å²) in [4.78, 5) is 0. The Bertz CT molecular complexity index is 398. The van der Waals surface area contributed by atoms with Crippen LogP contribution in [-0.4, -0.2) is 8.75 Å². The number of fused-ring (bicyclic) bond motifs is 1. The van der Waals surface area contributed by atoms with Gasteiger partial charge in [0.15, 0.2) is 11.0 Å². The van der Waals surface area contributed by atoms with E-state index in [9.17, 15) is 0 Å². The zero-order valence-electron chi connectivity index (χ0n) is 5.49. The summed E-state index contributed by atoms with van der Waals surface area (Å²) in [7, 11) is 0. The van der Waals surface area contributed by atoms with E-state index >= 15 is 0 Å². The van der Waals surface area contributed by atoms with Crippen molar-refractivity contribution in [2.45, 2.75) is 0 Å². The molecule has 0 fully saturated rings. The Labute approximate surface area is 71.2 Å². The average Bonchev–Trinajstić information content (AvgIpc) is 2.31. The van der Waals surface area contributed by atoms with Gasteiger partial charge in [0.25, 0.3) is 0 Å². The second-order valence-electron chi connectivity index (χ2n) is 2.08. The maximum atomic E-state index is 5.83. The Morgan fingerprint density at radius 1 is 1.36 bits per heavy atom. The Hall–Kier alpha value is -0.710. The predicted octanol–water partition coefficient (Wildman–Crippen LogP) is 1.75. The Balaban J connectivity index is 2.90. The first-order valence-electron chi connectivity index (χ1n) is 2.98. The number of rotatable bonds is 0. The molecule has 0 aliphatic heterocycles. The van der Waals surface area contributed by atoms with Crippen LogP contribution in [0.3, 0.4) is 0 Å². The fraction of sp³-hybridized carbons (Fsp3) is 0. The molecule has 1 aromatic heterocycles. The van der Waals surface area contributed by atoms with Crippen LogP contribution in [-0.2, 0) is 0 Å². The van der Waals surface area contributed by atoms with Gasteiger partial charge in [0.2, 0.25) is 0 Å². The lowest BCUT2D eigenvalue weighted by Gasteiger charge is -1.83. The summed E-state index contributed by atoms with van der Waals surface area (Å²) in [5.41, 5.74) is 1.52. The fourth-order valence-electron chi connectivity index (χ4n) is 0.883. The lowest BCUT2D eigenvalue weighted by atomic mass is 10.3. The summed E-state index contributed by atoms with van der Waals surface area (Å²) in [5, 5.41) is 6.11. The molecule has 1 atom stereocenters. The van der Waals surface area contributed by atoms with Crippen molar-refractivity contribution in [1.82, 2.24) is 8.75 Å². The van der Waals surface area contributed by atoms with Crippen molar-refractivity contribution in [3.05, 3.63) is 23.2 Å². The van der Waals surface area contributed by atoms with Gasteiger partial charge in [-0.1, -0.05) is 22.8 Å². The third-order valence-electron chi connectivity index (χ3n) is 1.34. The highest BCUT2D eigenvalue weighted by Crippen LogP contribution is 2.22. The highest BCUT2D eigenvalue weighted by molar-refractivity contribution is 7.21. The van der Waals surface area contributed by atoms with Crippen molar-refractivity contribution >= 4 is 33.7 Å². The summed E-state index contributed by atoms with van der Waals surface area (Å²) in [6.45, 7) is 0. The molecule has 1 aromatic carbocycles. The number of hydrogen-bond donors (Lipinski definition) is 1. The van der Waals surface area contributed by atoms with Gasteiger partial charge in [-0.25, -0.2) is 0 Å². The summed E-state index contributed by atoms with van der Waals surface area (Å²) >= 11 is 5.12. The Kier molecular flexibility index (Phi) is 1.52. The van der Waals surface area contributed by atoms with Gasteiger partial charge >= 0.3 is 11.0 Å². The summed E-state index contributed by atoms with van der Waals surface area (Å²) in [6.07, 6.45) is 0. The van der Waals surface area contributed by atoms with E-state index < -0.39 is 11.0 Å². The minimum absolute atomic E-state index is 0.617. The van der Waals surface area contributed by atoms with Gasteiger partial charge in [0, 0.05) is 8.75 Å². The molecule has 0 aliphatic rings. The van der Waals surface area contributed by atoms with Crippen molar-refractivity contribution in [3.63, 3.8) is 0 Å². The zero-order chi connectivity index (χ0) is 7.84. The molecule has 0 saturated heterocycles. The maximum absolute atomic E-state index is 5.83. The summed E-state index contributed by atoms with van der Waals surface area (Å²) in [6, 6.07) is 5.47. The first-order valence-corrected chi connectivity index (χ1v) is 4.56. The Morgan fingerprint density at radius 3 is 2.91 bits per heavy atom. The van der Waals surface area contributed by atoms with E-state index in [4.69, 9.17) is 16.7 Å². The van der Waals surface area contributed by atoms with E-state index in [1.165, 1.54) is 0 Å². The van der Waals surface area contributed by atoms with Crippen LogP contribution in [0.1, 0.15) is 0 Å². The molecular formula is C6H5ClN3S+. The molecule has 0 radical (unpaired) electrons. The van der Waals surface area contributed by atoms with E-state index in [-0.39, 0.29) is 0 Å². The third kappa shape index (κ3) is 1.09. The quantitative estimate of drug-likeness (QED) is 0.638. The van der Waals surface area contributed by atoms with Crippen molar-refractivity contribution in [2.75, 3.05) is 5.14 Å². The molecule has 2 aromatic rings. The number of aromatic nitrogens is 2. The van der Waals surface area contributed by atoms with E-state index in [0.717, 1.165) is 11.0 Å². The van der Waals surface area contributed by atoms with Gasteiger partial charge in [-0.3, -0.25) is 0 Å². The van der Waals surface area contributed by atoms with E-state index in [1.807, 2.05) is 12.1 Å². The second-order valence-corrected chi connectivity index (χ2v) is 3.44. The van der Waals surface area contributed by atoms with Crippen molar-refractivity contribution in [2.24, 2.45) is 0 Å². The van der Waals surface area contributed by atoms with Crippen LogP contribution in [0.5, 0.6) is 0 Å². The smallest absolute Gasteiger partial charge is 0.0856 e.